The van der Waals surface area contributed by atoms with Gasteiger partial charge in [-0.05, 0) is 42.0 Å². The number of amides is 2. The SMILES string of the molecule is COC(=O)[C@H]1C(=O)NC(SCC(=O)Nc2ccc(OC)cc2)=C(C#N)[C@@H]1c1ccc(OC)cc1. The second-order valence-corrected chi connectivity index (χ2v) is 8.15. The molecule has 2 N–H and O–H groups in total. The summed E-state index contributed by atoms with van der Waals surface area (Å²) >= 11 is 1.01. The fourth-order valence-electron chi connectivity index (χ4n) is 3.50. The number of carbonyl (C=O) groups is 3. The lowest BCUT2D eigenvalue weighted by Gasteiger charge is -2.31. The lowest BCUT2D eigenvalue weighted by Crippen LogP contribution is -2.44. The third-order valence-electron chi connectivity index (χ3n) is 5.18. The Morgan fingerprint density at radius 3 is 2.15 bits per heavy atom. The van der Waals surface area contributed by atoms with Crippen LogP contribution >= 0.6 is 11.8 Å². The van der Waals surface area contributed by atoms with Crippen LogP contribution in [0.4, 0.5) is 5.69 Å². The minimum Gasteiger partial charge on any atom is -0.497 e. The van der Waals surface area contributed by atoms with Gasteiger partial charge in [0.05, 0.1) is 43.8 Å². The highest BCUT2D eigenvalue weighted by Gasteiger charge is 2.44. The quantitative estimate of drug-likeness (QED) is 0.435. The molecule has 0 fully saturated rings. The molecule has 1 aliphatic heterocycles. The van der Waals surface area contributed by atoms with E-state index < -0.39 is 23.7 Å². The van der Waals surface area contributed by atoms with Crippen LogP contribution in [0.5, 0.6) is 11.5 Å². The highest BCUT2D eigenvalue weighted by atomic mass is 32.2. The van der Waals surface area contributed by atoms with Gasteiger partial charge in [-0.3, -0.25) is 14.4 Å². The first-order valence-electron chi connectivity index (χ1n) is 10.2. The number of rotatable bonds is 8. The van der Waals surface area contributed by atoms with E-state index in [9.17, 15) is 19.6 Å². The zero-order valence-corrected chi connectivity index (χ0v) is 19.6. The first-order valence-corrected chi connectivity index (χ1v) is 11.1. The number of benzene rings is 2. The highest BCUT2D eigenvalue weighted by molar-refractivity contribution is 8.03. The number of esters is 1. The standard InChI is InChI=1S/C24H23N3O6S/c1-31-16-8-4-14(5-9-16)20-18(12-25)23(27-22(29)21(20)24(30)33-3)34-13-19(28)26-15-6-10-17(32-2)11-7-15/h4-11,20-21H,13H2,1-3H3,(H,26,28)(H,27,29)/t20-,21+/m0/s1. The lowest BCUT2D eigenvalue weighted by atomic mass is 9.78. The number of nitrogens with zero attached hydrogens (tertiary/aromatic N) is 1. The van der Waals surface area contributed by atoms with Crippen LogP contribution in [-0.4, -0.2) is 44.9 Å². The van der Waals surface area contributed by atoms with Gasteiger partial charge < -0.3 is 24.8 Å². The summed E-state index contributed by atoms with van der Waals surface area (Å²) in [5.41, 5.74) is 1.32. The van der Waals surface area contributed by atoms with Gasteiger partial charge in [-0.15, -0.1) is 0 Å². The maximum atomic E-state index is 12.9. The molecule has 10 heteroatoms. The molecule has 34 heavy (non-hydrogen) atoms. The van der Waals surface area contributed by atoms with Crippen molar-refractivity contribution in [1.29, 1.82) is 5.26 Å². The van der Waals surface area contributed by atoms with Crippen molar-refractivity contribution < 1.29 is 28.6 Å². The number of methoxy groups -OCH3 is 3. The molecule has 0 saturated heterocycles. The molecule has 9 nitrogen and oxygen atoms in total. The number of ether oxygens (including phenoxy) is 3. The van der Waals surface area contributed by atoms with Gasteiger partial charge in [-0.2, -0.15) is 5.26 Å². The Balaban J connectivity index is 1.85. The molecule has 0 radical (unpaired) electrons. The van der Waals surface area contributed by atoms with Crippen LogP contribution in [0, 0.1) is 17.2 Å². The molecule has 2 atom stereocenters. The van der Waals surface area contributed by atoms with Crippen LogP contribution < -0.4 is 20.1 Å². The van der Waals surface area contributed by atoms with Gasteiger partial charge in [0.2, 0.25) is 11.8 Å². The first-order chi connectivity index (χ1) is 16.4. The van der Waals surface area contributed by atoms with Crippen LogP contribution in [0.25, 0.3) is 0 Å². The molecular weight excluding hydrogens is 458 g/mol. The number of thioether (sulfide) groups is 1. The summed E-state index contributed by atoms with van der Waals surface area (Å²) in [5.74, 6) is -2.63. The van der Waals surface area contributed by atoms with E-state index in [1.807, 2.05) is 0 Å². The maximum Gasteiger partial charge on any atom is 0.319 e. The van der Waals surface area contributed by atoms with Crippen LogP contribution in [0.1, 0.15) is 11.5 Å². The molecule has 2 aromatic carbocycles. The Bertz CT molecular complexity index is 1140. The van der Waals surface area contributed by atoms with E-state index in [0.717, 1.165) is 11.8 Å². The number of hydrogen-bond acceptors (Lipinski definition) is 8. The summed E-state index contributed by atoms with van der Waals surface area (Å²) in [5, 5.41) is 15.5. The van der Waals surface area contributed by atoms with Crippen molar-refractivity contribution in [3.63, 3.8) is 0 Å². The lowest BCUT2D eigenvalue weighted by molar-refractivity contribution is -0.150. The fraction of sp³-hybridized carbons (Fsp3) is 0.250. The minimum absolute atomic E-state index is 0.0644. The molecule has 176 valence electrons. The summed E-state index contributed by atoms with van der Waals surface area (Å²) in [6.45, 7) is 0. The van der Waals surface area contributed by atoms with Gasteiger partial charge in [-0.1, -0.05) is 23.9 Å². The largest absolute Gasteiger partial charge is 0.497 e. The molecule has 0 aliphatic carbocycles. The van der Waals surface area contributed by atoms with Crippen LogP contribution in [0.2, 0.25) is 0 Å². The average molecular weight is 482 g/mol. The fourth-order valence-corrected chi connectivity index (χ4v) is 4.35. The van der Waals surface area contributed by atoms with E-state index in [4.69, 9.17) is 14.2 Å². The van der Waals surface area contributed by atoms with Gasteiger partial charge in [0.15, 0.2) is 0 Å². The summed E-state index contributed by atoms with van der Waals surface area (Å²) < 4.78 is 15.1. The Morgan fingerprint density at radius 1 is 1.03 bits per heavy atom. The third-order valence-corrected chi connectivity index (χ3v) is 6.20. The van der Waals surface area contributed by atoms with Crippen molar-refractivity contribution in [2.75, 3.05) is 32.4 Å². The number of anilines is 1. The zero-order valence-electron chi connectivity index (χ0n) is 18.8. The average Bonchev–Trinajstić information content (AvgIpc) is 2.87. The van der Waals surface area contributed by atoms with Gasteiger partial charge in [0.1, 0.15) is 17.4 Å². The Kier molecular flexibility index (Phi) is 8.16. The van der Waals surface area contributed by atoms with Crippen molar-refractivity contribution in [3.05, 3.63) is 64.7 Å². The number of hydrogen-bond donors (Lipinski definition) is 2. The van der Waals surface area contributed by atoms with Gasteiger partial charge in [0, 0.05) is 11.6 Å². The van der Waals surface area contributed by atoms with Gasteiger partial charge in [0.25, 0.3) is 0 Å². The molecule has 2 aromatic rings. The normalized spacial score (nSPS) is 17.3. The molecular formula is C24H23N3O6S. The highest BCUT2D eigenvalue weighted by Crippen LogP contribution is 2.40. The minimum atomic E-state index is -1.24. The Hall–Kier alpha value is -3.97. The van der Waals surface area contributed by atoms with Crippen molar-refractivity contribution >= 4 is 35.2 Å². The summed E-state index contributed by atoms with van der Waals surface area (Å²) in [6.07, 6.45) is 0. The number of nitriles is 1. The molecule has 2 amide bonds. The van der Waals surface area contributed by atoms with E-state index >= 15 is 0 Å². The first kappa shape index (κ1) is 24.7. The molecule has 0 unspecified atom stereocenters. The molecule has 0 saturated carbocycles. The predicted octanol–water partition coefficient (Wildman–Crippen LogP) is 2.81. The second-order valence-electron chi connectivity index (χ2n) is 7.16. The summed E-state index contributed by atoms with van der Waals surface area (Å²) in [4.78, 5) is 37.8. The monoisotopic (exact) mass is 481 g/mol. The zero-order chi connectivity index (χ0) is 24.7. The van der Waals surface area contributed by atoms with Gasteiger partial charge >= 0.3 is 5.97 Å². The van der Waals surface area contributed by atoms with Crippen LogP contribution in [0.15, 0.2) is 59.1 Å². The van der Waals surface area contributed by atoms with E-state index in [1.165, 1.54) is 14.2 Å². The smallest absolute Gasteiger partial charge is 0.319 e. The van der Waals surface area contributed by atoms with Crippen LogP contribution in [-0.2, 0) is 19.1 Å². The summed E-state index contributed by atoms with van der Waals surface area (Å²) in [6, 6.07) is 15.7. The molecule has 0 spiro atoms. The second kappa shape index (κ2) is 11.2. The van der Waals surface area contributed by atoms with E-state index in [0.29, 0.717) is 22.7 Å². The van der Waals surface area contributed by atoms with Crippen molar-refractivity contribution in [2.24, 2.45) is 5.92 Å². The topological polar surface area (TPSA) is 127 Å². The van der Waals surface area contributed by atoms with Crippen molar-refractivity contribution in [1.82, 2.24) is 5.32 Å². The molecule has 1 aliphatic rings. The Morgan fingerprint density at radius 2 is 1.62 bits per heavy atom. The number of allylic oxidation sites excluding steroid dienone is 1. The van der Waals surface area contributed by atoms with Crippen molar-refractivity contribution in [2.45, 2.75) is 5.92 Å². The summed E-state index contributed by atoms with van der Waals surface area (Å²) in [7, 11) is 4.25. The molecule has 0 bridgehead atoms. The maximum absolute atomic E-state index is 12.9. The molecule has 3 rings (SSSR count). The Labute approximate surface area is 201 Å². The molecule has 1 heterocycles. The van der Waals surface area contributed by atoms with Crippen LogP contribution in [0.3, 0.4) is 0 Å². The number of carbonyl (C=O) groups excluding carboxylic acids is 3. The third kappa shape index (κ3) is 5.50. The van der Waals surface area contributed by atoms with Gasteiger partial charge in [-0.25, -0.2) is 0 Å². The molecule has 0 aromatic heterocycles. The van der Waals surface area contributed by atoms with E-state index in [2.05, 4.69) is 16.7 Å². The van der Waals surface area contributed by atoms with E-state index in [-0.39, 0.29) is 22.3 Å². The van der Waals surface area contributed by atoms with E-state index in [1.54, 1.807) is 55.6 Å². The number of nitrogens with one attached hydrogen (secondary N) is 2. The van der Waals surface area contributed by atoms with Crippen molar-refractivity contribution in [3.8, 4) is 17.6 Å². The predicted molar refractivity (Wildman–Crippen MR) is 126 cm³/mol.